The lowest BCUT2D eigenvalue weighted by Crippen LogP contribution is -2.26. The summed E-state index contributed by atoms with van der Waals surface area (Å²) in [5.41, 5.74) is 17.2. The number of rotatable bonds is 4. The molecule has 5 N–H and O–H groups in total. The summed E-state index contributed by atoms with van der Waals surface area (Å²) in [6.45, 7) is 0. The van der Waals surface area contributed by atoms with Crippen molar-refractivity contribution in [3.05, 3.63) is 60.7 Å². The van der Waals surface area contributed by atoms with Gasteiger partial charge in [-0.2, -0.15) is 5.10 Å². The van der Waals surface area contributed by atoms with Crippen LogP contribution in [0.15, 0.2) is 55.1 Å². The van der Waals surface area contributed by atoms with E-state index in [1.54, 1.807) is 16.9 Å². The van der Waals surface area contributed by atoms with Crippen molar-refractivity contribution in [1.29, 1.82) is 0 Å². The molecule has 0 spiro atoms. The van der Waals surface area contributed by atoms with E-state index in [9.17, 15) is 0 Å². The molecule has 0 bridgehead atoms. The highest BCUT2D eigenvalue weighted by Crippen LogP contribution is 2.41. The SMILES string of the molecule is Nc1nn2ccnc2c(Nc2ccc(-n3cccn3)cc2)c1C1CCC(N)CC1. The molecule has 3 heterocycles. The molecule has 0 atom stereocenters. The summed E-state index contributed by atoms with van der Waals surface area (Å²) in [5, 5.41) is 12.4. The summed E-state index contributed by atoms with van der Waals surface area (Å²) >= 11 is 0. The van der Waals surface area contributed by atoms with Gasteiger partial charge in [-0.1, -0.05) is 0 Å². The van der Waals surface area contributed by atoms with Gasteiger partial charge in [0.2, 0.25) is 0 Å². The van der Waals surface area contributed by atoms with Gasteiger partial charge in [-0.05, 0) is 61.9 Å². The Morgan fingerprint density at radius 3 is 2.52 bits per heavy atom. The van der Waals surface area contributed by atoms with Gasteiger partial charge in [0, 0.05) is 42.1 Å². The summed E-state index contributed by atoms with van der Waals surface area (Å²) in [7, 11) is 0. The maximum Gasteiger partial charge on any atom is 0.177 e. The van der Waals surface area contributed by atoms with E-state index in [0.717, 1.165) is 54.0 Å². The van der Waals surface area contributed by atoms with Gasteiger partial charge in [0.05, 0.1) is 11.4 Å². The van der Waals surface area contributed by atoms with E-state index < -0.39 is 0 Å². The molecule has 148 valence electrons. The Morgan fingerprint density at radius 1 is 1.00 bits per heavy atom. The summed E-state index contributed by atoms with van der Waals surface area (Å²) in [5.74, 6) is 0.876. The smallest absolute Gasteiger partial charge is 0.177 e. The van der Waals surface area contributed by atoms with Crippen LogP contribution in [0.4, 0.5) is 17.2 Å². The number of fused-ring (bicyclic) bond motifs is 1. The van der Waals surface area contributed by atoms with Crippen LogP contribution in [0.3, 0.4) is 0 Å². The number of hydrogen-bond acceptors (Lipinski definition) is 6. The zero-order valence-electron chi connectivity index (χ0n) is 16.1. The molecule has 1 aromatic carbocycles. The van der Waals surface area contributed by atoms with Gasteiger partial charge < -0.3 is 16.8 Å². The first-order valence-electron chi connectivity index (χ1n) is 9.94. The molecule has 8 heteroatoms. The molecule has 4 aromatic rings. The molecule has 29 heavy (non-hydrogen) atoms. The molecular weight excluding hydrogens is 364 g/mol. The van der Waals surface area contributed by atoms with Crippen molar-refractivity contribution < 1.29 is 0 Å². The standard InChI is InChI=1S/C21H24N8/c22-15-4-2-14(3-5-15)18-19(21-24-11-13-29(21)27-20(18)23)26-16-6-8-17(9-7-16)28-12-1-10-25-28/h1,6-15,26H,2-5,22H2,(H2,23,27). The minimum Gasteiger partial charge on any atom is -0.382 e. The molecule has 1 fully saturated rings. The largest absolute Gasteiger partial charge is 0.382 e. The molecule has 1 aliphatic carbocycles. The summed E-state index contributed by atoms with van der Waals surface area (Å²) in [4.78, 5) is 4.53. The third-order valence-electron chi connectivity index (χ3n) is 5.69. The van der Waals surface area contributed by atoms with Gasteiger partial charge in [0.25, 0.3) is 0 Å². The van der Waals surface area contributed by atoms with Crippen molar-refractivity contribution in [2.45, 2.75) is 37.6 Å². The molecule has 0 amide bonds. The number of anilines is 3. The molecule has 1 aliphatic rings. The fourth-order valence-corrected chi connectivity index (χ4v) is 4.18. The second-order valence-corrected chi connectivity index (χ2v) is 7.60. The van der Waals surface area contributed by atoms with Gasteiger partial charge in [-0.25, -0.2) is 14.2 Å². The molecule has 0 radical (unpaired) electrons. The normalized spacial score (nSPS) is 19.5. The third kappa shape index (κ3) is 3.31. The number of hydrogen-bond donors (Lipinski definition) is 3. The van der Waals surface area contributed by atoms with E-state index in [1.807, 2.05) is 47.4 Å². The Bertz CT molecular complexity index is 1110. The number of aromatic nitrogens is 5. The molecule has 1 saturated carbocycles. The summed E-state index contributed by atoms with van der Waals surface area (Å²) in [6.07, 6.45) is 11.3. The lowest BCUT2D eigenvalue weighted by molar-refractivity contribution is 0.396. The molecule has 0 saturated heterocycles. The van der Waals surface area contributed by atoms with Crippen LogP contribution >= 0.6 is 0 Å². The summed E-state index contributed by atoms with van der Waals surface area (Å²) in [6, 6.07) is 10.3. The van der Waals surface area contributed by atoms with Crippen molar-refractivity contribution in [2.24, 2.45) is 5.73 Å². The predicted molar refractivity (Wildman–Crippen MR) is 113 cm³/mol. The average Bonchev–Trinajstić information content (AvgIpc) is 3.42. The zero-order valence-corrected chi connectivity index (χ0v) is 16.1. The molecule has 8 nitrogen and oxygen atoms in total. The highest BCUT2D eigenvalue weighted by atomic mass is 15.3. The minimum atomic E-state index is 0.279. The van der Waals surface area contributed by atoms with E-state index in [2.05, 4.69) is 20.5 Å². The molecule has 0 aliphatic heterocycles. The first kappa shape index (κ1) is 17.7. The maximum atomic E-state index is 6.41. The maximum absolute atomic E-state index is 6.41. The first-order valence-corrected chi connectivity index (χ1v) is 9.94. The molecule has 5 rings (SSSR count). The van der Waals surface area contributed by atoms with Crippen LogP contribution in [0, 0.1) is 0 Å². The number of benzene rings is 1. The Morgan fingerprint density at radius 2 is 1.79 bits per heavy atom. The monoisotopic (exact) mass is 388 g/mol. The highest BCUT2D eigenvalue weighted by Gasteiger charge is 2.27. The molecule has 0 unspecified atom stereocenters. The number of imidazole rings is 1. The van der Waals surface area contributed by atoms with Gasteiger partial charge in [-0.3, -0.25) is 0 Å². The minimum absolute atomic E-state index is 0.279. The van der Waals surface area contributed by atoms with Crippen LogP contribution < -0.4 is 16.8 Å². The van der Waals surface area contributed by atoms with E-state index in [0.29, 0.717) is 11.7 Å². The quantitative estimate of drug-likeness (QED) is 0.495. The van der Waals surface area contributed by atoms with Crippen LogP contribution in [0.1, 0.15) is 37.2 Å². The van der Waals surface area contributed by atoms with Crippen LogP contribution in [0.25, 0.3) is 11.3 Å². The molecular formula is C21H24N8. The Kier molecular flexibility index (Phi) is 4.40. The number of nitrogens with zero attached hydrogens (tertiary/aromatic N) is 5. The van der Waals surface area contributed by atoms with Gasteiger partial charge in [0.1, 0.15) is 5.82 Å². The van der Waals surface area contributed by atoms with Crippen molar-refractivity contribution in [2.75, 3.05) is 11.1 Å². The van der Waals surface area contributed by atoms with Crippen molar-refractivity contribution in [1.82, 2.24) is 24.4 Å². The lowest BCUT2D eigenvalue weighted by atomic mass is 9.81. The fourth-order valence-electron chi connectivity index (χ4n) is 4.18. The predicted octanol–water partition coefficient (Wildman–Crippen LogP) is 3.23. The number of nitrogen functional groups attached to an aromatic ring is 1. The summed E-state index contributed by atoms with van der Waals surface area (Å²) < 4.78 is 3.56. The Hall–Kier alpha value is -3.39. The number of nitrogens with two attached hydrogens (primary N) is 2. The number of nitrogens with one attached hydrogen (secondary N) is 1. The Balaban J connectivity index is 1.53. The van der Waals surface area contributed by atoms with E-state index in [1.165, 1.54) is 0 Å². The fraction of sp³-hybridized carbons (Fsp3) is 0.286. The van der Waals surface area contributed by atoms with Crippen LogP contribution in [-0.2, 0) is 0 Å². The first-order chi connectivity index (χ1) is 14.2. The van der Waals surface area contributed by atoms with Crippen molar-refractivity contribution in [3.63, 3.8) is 0 Å². The Labute approximate surface area is 168 Å². The topological polar surface area (TPSA) is 112 Å². The second-order valence-electron chi connectivity index (χ2n) is 7.60. The van der Waals surface area contributed by atoms with Gasteiger partial charge in [-0.15, -0.1) is 5.10 Å². The highest BCUT2D eigenvalue weighted by molar-refractivity contribution is 5.80. The van der Waals surface area contributed by atoms with Crippen LogP contribution in [0.2, 0.25) is 0 Å². The van der Waals surface area contributed by atoms with Gasteiger partial charge >= 0.3 is 0 Å². The van der Waals surface area contributed by atoms with Crippen molar-refractivity contribution >= 4 is 22.8 Å². The van der Waals surface area contributed by atoms with Crippen LogP contribution in [0.5, 0.6) is 0 Å². The van der Waals surface area contributed by atoms with Crippen LogP contribution in [-0.4, -0.2) is 30.4 Å². The lowest BCUT2D eigenvalue weighted by Gasteiger charge is -2.28. The van der Waals surface area contributed by atoms with Gasteiger partial charge in [0.15, 0.2) is 5.65 Å². The van der Waals surface area contributed by atoms with E-state index in [-0.39, 0.29) is 6.04 Å². The average molecular weight is 388 g/mol. The molecule has 3 aromatic heterocycles. The van der Waals surface area contributed by atoms with E-state index >= 15 is 0 Å². The third-order valence-corrected chi connectivity index (χ3v) is 5.69. The zero-order chi connectivity index (χ0) is 19.8. The second kappa shape index (κ2) is 7.21. The van der Waals surface area contributed by atoms with E-state index in [4.69, 9.17) is 11.5 Å². The van der Waals surface area contributed by atoms with Crippen molar-refractivity contribution in [3.8, 4) is 5.69 Å².